The van der Waals surface area contributed by atoms with E-state index in [-0.39, 0.29) is 0 Å². The fourth-order valence-electron chi connectivity index (χ4n) is 3.49. The van der Waals surface area contributed by atoms with Crippen LogP contribution in [0.4, 0.5) is 0 Å². The van der Waals surface area contributed by atoms with Crippen molar-refractivity contribution in [2.24, 2.45) is 0 Å². The molecule has 2 bridgehead atoms. The maximum atomic E-state index is 3.71. The van der Waals surface area contributed by atoms with E-state index in [1.165, 1.54) is 37.1 Å². The molecule has 1 aromatic heterocycles. The zero-order chi connectivity index (χ0) is 10.4. The Labute approximate surface area is 91.7 Å². The highest BCUT2D eigenvalue weighted by atomic mass is 15.1. The molecule has 0 aromatic carbocycles. The average molecular weight is 204 g/mol. The number of nitrogens with one attached hydrogen (secondary N) is 1. The van der Waals surface area contributed by atoms with Crippen LogP contribution >= 0.6 is 0 Å². The minimum Gasteiger partial charge on any atom is -0.346 e. The first-order valence-electron chi connectivity index (χ1n) is 6.14. The molecule has 0 aliphatic carbocycles. The zero-order valence-electron chi connectivity index (χ0n) is 9.66. The van der Waals surface area contributed by atoms with Crippen LogP contribution in [0.2, 0.25) is 0 Å². The number of hydrogen-bond acceptors (Lipinski definition) is 1. The molecule has 1 N–H and O–H groups in total. The van der Waals surface area contributed by atoms with Gasteiger partial charge in [-0.05, 0) is 51.7 Å². The summed E-state index contributed by atoms with van der Waals surface area (Å²) >= 11 is 0. The quantitative estimate of drug-likeness (QED) is 0.744. The maximum Gasteiger partial charge on any atom is 0.0365 e. The van der Waals surface area contributed by atoms with Crippen LogP contribution in [0.3, 0.4) is 0 Å². The molecule has 2 atom stereocenters. The summed E-state index contributed by atoms with van der Waals surface area (Å²) in [5, 5.41) is 3.71. The van der Waals surface area contributed by atoms with Crippen LogP contribution in [0.25, 0.3) is 0 Å². The molecule has 1 aromatic rings. The minimum absolute atomic E-state index is 0.749. The van der Waals surface area contributed by atoms with Crippen molar-refractivity contribution in [2.45, 2.75) is 57.7 Å². The summed E-state index contributed by atoms with van der Waals surface area (Å²) in [5.74, 6) is 0. The lowest BCUT2D eigenvalue weighted by molar-refractivity contribution is 0.293. The normalized spacial score (nSPS) is 34.7. The van der Waals surface area contributed by atoms with E-state index in [9.17, 15) is 0 Å². The second-order valence-corrected chi connectivity index (χ2v) is 5.25. The van der Waals surface area contributed by atoms with Crippen molar-refractivity contribution < 1.29 is 0 Å². The molecule has 15 heavy (non-hydrogen) atoms. The van der Waals surface area contributed by atoms with Gasteiger partial charge in [-0.15, -0.1) is 0 Å². The molecule has 0 saturated carbocycles. The fraction of sp³-hybridized carbons (Fsp3) is 0.692. The van der Waals surface area contributed by atoms with Crippen LogP contribution in [-0.2, 0) is 0 Å². The lowest BCUT2D eigenvalue weighted by Crippen LogP contribution is -2.39. The Morgan fingerprint density at radius 3 is 2.13 bits per heavy atom. The predicted octanol–water partition coefficient (Wildman–Crippen LogP) is 2.56. The minimum atomic E-state index is 0.749. The molecular formula is C13H20N2. The Bertz CT molecular complexity index is 335. The van der Waals surface area contributed by atoms with Gasteiger partial charge in [-0.25, -0.2) is 0 Å². The van der Waals surface area contributed by atoms with Crippen molar-refractivity contribution in [1.29, 1.82) is 0 Å². The van der Waals surface area contributed by atoms with Crippen LogP contribution in [0.5, 0.6) is 0 Å². The summed E-state index contributed by atoms with van der Waals surface area (Å²) < 4.78 is 2.55. The highest BCUT2D eigenvalue weighted by Gasteiger charge is 2.34. The number of rotatable bonds is 1. The molecule has 2 nitrogen and oxygen atoms in total. The molecule has 0 spiro atoms. The lowest BCUT2D eigenvalue weighted by atomic mass is 9.99. The first kappa shape index (κ1) is 9.46. The van der Waals surface area contributed by atoms with Crippen molar-refractivity contribution in [1.82, 2.24) is 9.88 Å². The number of hydrogen-bond donors (Lipinski definition) is 1. The molecule has 2 aliphatic rings. The van der Waals surface area contributed by atoms with E-state index >= 15 is 0 Å². The zero-order valence-corrected chi connectivity index (χ0v) is 9.66. The van der Waals surface area contributed by atoms with Gasteiger partial charge in [0.05, 0.1) is 0 Å². The highest BCUT2D eigenvalue weighted by Crippen LogP contribution is 2.35. The number of aryl methyl sites for hydroxylation is 2. The molecule has 0 radical (unpaired) electrons. The van der Waals surface area contributed by atoms with Gasteiger partial charge < -0.3 is 9.88 Å². The van der Waals surface area contributed by atoms with Gasteiger partial charge in [-0.1, -0.05) is 0 Å². The van der Waals surface area contributed by atoms with Gasteiger partial charge in [0.2, 0.25) is 0 Å². The molecule has 2 aliphatic heterocycles. The molecule has 82 valence electrons. The van der Waals surface area contributed by atoms with Crippen molar-refractivity contribution in [2.75, 3.05) is 0 Å². The van der Waals surface area contributed by atoms with Crippen molar-refractivity contribution >= 4 is 0 Å². The SMILES string of the molecule is Cc1ccc(C)n1C1CC2CCC(C1)N2. The Morgan fingerprint density at radius 1 is 1.07 bits per heavy atom. The van der Waals surface area contributed by atoms with E-state index in [4.69, 9.17) is 0 Å². The molecule has 0 amide bonds. The summed E-state index contributed by atoms with van der Waals surface area (Å²) in [6.45, 7) is 4.47. The van der Waals surface area contributed by atoms with E-state index < -0.39 is 0 Å². The number of piperidine rings is 1. The Hall–Kier alpha value is -0.760. The predicted molar refractivity (Wildman–Crippen MR) is 62.1 cm³/mol. The van der Waals surface area contributed by atoms with E-state index in [1.807, 2.05) is 0 Å². The summed E-state index contributed by atoms with van der Waals surface area (Å²) in [6.07, 6.45) is 5.43. The largest absolute Gasteiger partial charge is 0.346 e. The number of nitrogens with zero attached hydrogens (tertiary/aromatic N) is 1. The van der Waals surface area contributed by atoms with Gasteiger partial charge in [0.1, 0.15) is 0 Å². The Kier molecular flexibility index (Phi) is 2.13. The van der Waals surface area contributed by atoms with Crippen LogP contribution in [0.15, 0.2) is 12.1 Å². The summed E-state index contributed by atoms with van der Waals surface area (Å²) in [7, 11) is 0. The summed E-state index contributed by atoms with van der Waals surface area (Å²) in [5.41, 5.74) is 2.86. The first-order valence-corrected chi connectivity index (χ1v) is 6.14. The average Bonchev–Trinajstić information content (AvgIpc) is 2.71. The van der Waals surface area contributed by atoms with E-state index in [0.717, 1.165) is 18.1 Å². The fourth-order valence-corrected chi connectivity index (χ4v) is 3.49. The second-order valence-electron chi connectivity index (χ2n) is 5.25. The van der Waals surface area contributed by atoms with E-state index in [0.29, 0.717) is 0 Å². The lowest BCUT2D eigenvalue weighted by Gasteiger charge is -2.32. The third-order valence-electron chi connectivity index (χ3n) is 4.14. The van der Waals surface area contributed by atoms with Crippen LogP contribution in [0, 0.1) is 13.8 Å². The van der Waals surface area contributed by atoms with Gasteiger partial charge in [0, 0.05) is 29.5 Å². The molecule has 2 saturated heterocycles. The molecule has 2 heteroatoms. The first-order chi connectivity index (χ1) is 7.24. The summed E-state index contributed by atoms with van der Waals surface area (Å²) in [6, 6.07) is 6.82. The van der Waals surface area contributed by atoms with Gasteiger partial charge in [-0.2, -0.15) is 0 Å². The van der Waals surface area contributed by atoms with E-state index in [2.05, 4.69) is 35.9 Å². The third-order valence-corrected chi connectivity index (χ3v) is 4.14. The van der Waals surface area contributed by atoms with Crippen LogP contribution in [0.1, 0.15) is 43.1 Å². The second kappa shape index (κ2) is 3.38. The molecule has 2 fully saturated rings. The van der Waals surface area contributed by atoms with Crippen LogP contribution < -0.4 is 5.32 Å². The Morgan fingerprint density at radius 2 is 1.60 bits per heavy atom. The Balaban J connectivity index is 1.89. The van der Waals surface area contributed by atoms with Gasteiger partial charge in [0.25, 0.3) is 0 Å². The monoisotopic (exact) mass is 204 g/mol. The smallest absolute Gasteiger partial charge is 0.0365 e. The molecule has 3 heterocycles. The third kappa shape index (κ3) is 1.51. The van der Waals surface area contributed by atoms with Gasteiger partial charge in [-0.3, -0.25) is 0 Å². The van der Waals surface area contributed by atoms with Crippen molar-refractivity contribution in [3.8, 4) is 0 Å². The molecular weight excluding hydrogens is 184 g/mol. The molecule has 3 rings (SSSR count). The standard InChI is InChI=1S/C13H20N2/c1-9-3-4-10(2)15(9)13-7-11-5-6-12(8-13)14-11/h3-4,11-14H,5-8H2,1-2H3. The number of fused-ring (bicyclic) bond motifs is 2. The van der Waals surface area contributed by atoms with Gasteiger partial charge in [0.15, 0.2) is 0 Å². The maximum absolute atomic E-state index is 3.71. The summed E-state index contributed by atoms with van der Waals surface area (Å²) in [4.78, 5) is 0. The van der Waals surface area contributed by atoms with E-state index in [1.54, 1.807) is 0 Å². The highest BCUT2D eigenvalue weighted by molar-refractivity contribution is 5.16. The molecule has 2 unspecified atom stereocenters. The van der Waals surface area contributed by atoms with Crippen molar-refractivity contribution in [3.63, 3.8) is 0 Å². The van der Waals surface area contributed by atoms with Crippen molar-refractivity contribution in [3.05, 3.63) is 23.5 Å². The van der Waals surface area contributed by atoms with Gasteiger partial charge >= 0.3 is 0 Å². The number of aromatic nitrogens is 1. The van der Waals surface area contributed by atoms with Crippen LogP contribution in [-0.4, -0.2) is 16.7 Å². The topological polar surface area (TPSA) is 17.0 Å².